The van der Waals surface area contributed by atoms with Crippen LogP contribution in [0.5, 0.6) is 0 Å². The summed E-state index contributed by atoms with van der Waals surface area (Å²) in [6.45, 7) is -0.232. The molecule has 0 amide bonds. The van der Waals surface area contributed by atoms with Gasteiger partial charge in [0.2, 0.25) is 5.95 Å². The molecule has 2 aromatic rings. The summed E-state index contributed by atoms with van der Waals surface area (Å²) in [6, 6.07) is 1.16. The average Bonchev–Trinajstić information content (AvgIpc) is 2.62. The van der Waals surface area contributed by atoms with Crippen LogP contribution in [0.1, 0.15) is 5.56 Å². The third-order valence-corrected chi connectivity index (χ3v) is 3.45. The van der Waals surface area contributed by atoms with Crippen molar-refractivity contribution in [2.45, 2.75) is 6.54 Å². The number of aliphatic hydroxyl groups excluding tert-OH is 1. The fourth-order valence-corrected chi connectivity index (χ4v) is 2.09. The van der Waals surface area contributed by atoms with Gasteiger partial charge in [-0.05, 0) is 0 Å². The highest BCUT2D eigenvalue weighted by Crippen LogP contribution is 2.22. The molecule has 1 aromatic carbocycles. The maximum absolute atomic E-state index is 13.7. The van der Waals surface area contributed by atoms with Gasteiger partial charge in [0.25, 0.3) is 0 Å². The van der Waals surface area contributed by atoms with Gasteiger partial charge in [0.1, 0.15) is 22.5 Å². The first-order chi connectivity index (χ1) is 12.9. The van der Waals surface area contributed by atoms with Crippen LogP contribution in [0.15, 0.2) is 35.2 Å². The molecule has 0 fully saturated rings. The zero-order valence-corrected chi connectivity index (χ0v) is 14.6. The molecule has 0 aliphatic heterocycles. The number of nitrogens with one attached hydrogen (secondary N) is 2. The van der Waals surface area contributed by atoms with Crippen molar-refractivity contribution < 1.29 is 18.3 Å². The minimum Gasteiger partial charge on any atom is -0.403 e. The van der Waals surface area contributed by atoms with E-state index in [1.807, 2.05) is 0 Å². The molecule has 144 valence electrons. The lowest BCUT2D eigenvalue weighted by Crippen LogP contribution is -2.11. The maximum Gasteiger partial charge on any atom is 0.229 e. The van der Waals surface area contributed by atoms with Gasteiger partial charge in [0.05, 0.1) is 25.0 Å². The van der Waals surface area contributed by atoms with Gasteiger partial charge in [-0.15, -0.1) is 0 Å². The summed E-state index contributed by atoms with van der Waals surface area (Å²) in [4.78, 5) is 11.9. The quantitative estimate of drug-likeness (QED) is 0.507. The number of nitrogens with zero attached hydrogens (tertiary/aromatic N) is 3. The SMILES string of the molecule is N/C=C(\C=NCCO)Nc1ncc(Cl)c(NCc2c(F)cc(F)cc2F)n1. The Kier molecular flexibility index (Phi) is 7.38. The number of nitrogens with two attached hydrogens (primary N) is 1. The Morgan fingerprint density at radius 3 is 2.63 bits per heavy atom. The summed E-state index contributed by atoms with van der Waals surface area (Å²) >= 11 is 5.98. The molecule has 0 aliphatic rings. The summed E-state index contributed by atoms with van der Waals surface area (Å²) in [6.07, 6.45) is 3.87. The Bertz CT molecular complexity index is 839. The minimum atomic E-state index is -1.03. The largest absolute Gasteiger partial charge is 0.403 e. The van der Waals surface area contributed by atoms with Gasteiger partial charge < -0.3 is 21.5 Å². The van der Waals surface area contributed by atoms with E-state index in [-0.39, 0.29) is 42.0 Å². The Hall–Kier alpha value is -2.85. The van der Waals surface area contributed by atoms with Crippen LogP contribution in [-0.2, 0) is 6.54 Å². The molecule has 0 spiro atoms. The van der Waals surface area contributed by atoms with Gasteiger partial charge in [-0.1, -0.05) is 11.6 Å². The summed E-state index contributed by atoms with van der Waals surface area (Å²) in [7, 11) is 0. The second-order valence-electron chi connectivity index (χ2n) is 5.10. The second-order valence-corrected chi connectivity index (χ2v) is 5.50. The molecule has 1 heterocycles. The molecule has 0 atom stereocenters. The van der Waals surface area contributed by atoms with Gasteiger partial charge in [-0.25, -0.2) is 18.2 Å². The molecule has 5 N–H and O–H groups in total. The molecule has 0 saturated heterocycles. The molecule has 0 radical (unpaired) electrons. The van der Waals surface area contributed by atoms with Crippen LogP contribution in [0.2, 0.25) is 5.02 Å². The van der Waals surface area contributed by atoms with Gasteiger partial charge in [-0.2, -0.15) is 4.98 Å². The normalized spacial score (nSPS) is 11.8. The molecule has 0 aliphatic carbocycles. The standard InChI is InChI=1S/C16H16ClF3N6O/c17-12-8-24-16(25-10(5-21)6-22-1-2-27)26-15(12)23-7-11-13(19)3-9(18)4-14(11)20/h3-6,8,27H,1-2,7,21H2,(H2,23,24,25,26)/b10-5+,22-6?. The van der Waals surface area contributed by atoms with Crippen molar-refractivity contribution in [3.8, 4) is 0 Å². The Morgan fingerprint density at radius 2 is 2.00 bits per heavy atom. The lowest BCUT2D eigenvalue weighted by Gasteiger charge is -2.11. The van der Waals surface area contributed by atoms with Crippen molar-refractivity contribution in [2.24, 2.45) is 10.7 Å². The highest BCUT2D eigenvalue weighted by Gasteiger charge is 2.13. The number of anilines is 2. The molecule has 0 bridgehead atoms. The number of aliphatic imine (C=N–C) groups is 1. The number of benzene rings is 1. The van der Waals surface area contributed by atoms with E-state index in [1.54, 1.807) is 0 Å². The Balaban J connectivity index is 2.13. The third-order valence-electron chi connectivity index (χ3n) is 3.18. The number of rotatable bonds is 8. The highest BCUT2D eigenvalue weighted by molar-refractivity contribution is 6.32. The monoisotopic (exact) mass is 400 g/mol. The van der Waals surface area contributed by atoms with E-state index in [0.29, 0.717) is 17.8 Å². The number of allylic oxidation sites excluding steroid dienone is 1. The van der Waals surface area contributed by atoms with Gasteiger partial charge in [-0.3, -0.25) is 4.99 Å². The molecule has 1 aromatic heterocycles. The van der Waals surface area contributed by atoms with Crippen molar-refractivity contribution in [3.63, 3.8) is 0 Å². The van der Waals surface area contributed by atoms with Gasteiger partial charge in [0, 0.05) is 36.7 Å². The number of aromatic nitrogens is 2. The van der Waals surface area contributed by atoms with Crippen LogP contribution < -0.4 is 16.4 Å². The van der Waals surface area contributed by atoms with Crippen LogP contribution in [-0.4, -0.2) is 34.4 Å². The molecule has 0 unspecified atom stereocenters. The lowest BCUT2D eigenvalue weighted by atomic mass is 10.2. The molecule has 0 saturated carbocycles. The number of halogens is 4. The smallest absolute Gasteiger partial charge is 0.229 e. The van der Waals surface area contributed by atoms with E-state index >= 15 is 0 Å². The second kappa shape index (κ2) is 9.74. The summed E-state index contributed by atoms with van der Waals surface area (Å²) < 4.78 is 40.4. The van der Waals surface area contributed by atoms with E-state index in [9.17, 15) is 13.2 Å². The zero-order valence-electron chi connectivity index (χ0n) is 13.9. The predicted molar refractivity (Wildman–Crippen MR) is 97.0 cm³/mol. The predicted octanol–water partition coefficient (Wildman–Crippen LogP) is 2.43. The van der Waals surface area contributed by atoms with E-state index in [1.165, 1.54) is 18.6 Å². The minimum absolute atomic E-state index is 0.0918. The number of hydrogen-bond acceptors (Lipinski definition) is 7. The lowest BCUT2D eigenvalue weighted by molar-refractivity contribution is 0.307. The van der Waals surface area contributed by atoms with E-state index < -0.39 is 17.5 Å². The molecular weight excluding hydrogens is 385 g/mol. The first kappa shape index (κ1) is 20.5. The highest BCUT2D eigenvalue weighted by atomic mass is 35.5. The molecule has 2 rings (SSSR count). The Labute approximate surface area is 157 Å². The first-order valence-corrected chi connectivity index (χ1v) is 8.01. The number of hydrogen-bond donors (Lipinski definition) is 4. The van der Waals surface area contributed by atoms with Crippen LogP contribution in [0, 0.1) is 17.5 Å². The third kappa shape index (κ3) is 5.83. The molecule has 11 heteroatoms. The summed E-state index contributed by atoms with van der Waals surface area (Å²) in [5.41, 5.74) is 5.45. The average molecular weight is 401 g/mol. The molecule has 7 nitrogen and oxygen atoms in total. The Morgan fingerprint density at radius 1 is 1.30 bits per heavy atom. The van der Waals surface area contributed by atoms with Crippen molar-refractivity contribution in [1.29, 1.82) is 0 Å². The van der Waals surface area contributed by atoms with Crippen LogP contribution in [0.3, 0.4) is 0 Å². The fraction of sp³-hybridized carbons (Fsp3) is 0.188. The van der Waals surface area contributed by atoms with Crippen molar-refractivity contribution in [3.05, 3.63) is 58.3 Å². The van der Waals surface area contributed by atoms with Crippen LogP contribution in [0.25, 0.3) is 0 Å². The first-order valence-electron chi connectivity index (χ1n) is 7.64. The van der Waals surface area contributed by atoms with E-state index in [4.69, 9.17) is 22.4 Å². The van der Waals surface area contributed by atoms with Crippen molar-refractivity contribution in [1.82, 2.24) is 9.97 Å². The van der Waals surface area contributed by atoms with Crippen LogP contribution >= 0.6 is 11.6 Å². The molecular formula is C16H16ClF3N6O. The van der Waals surface area contributed by atoms with E-state index in [0.717, 1.165) is 0 Å². The van der Waals surface area contributed by atoms with E-state index in [2.05, 4.69) is 25.6 Å². The fourth-order valence-electron chi connectivity index (χ4n) is 1.93. The van der Waals surface area contributed by atoms with Crippen LogP contribution in [0.4, 0.5) is 24.9 Å². The van der Waals surface area contributed by atoms with Gasteiger partial charge >= 0.3 is 0 Å². The van der Waals surface area contributed by atoms with Gasteiger partial charge in [0.15, 0.2) is 5.82 Å². The van der Waals surface area contributed by atoms with Crippen molar-refractivity contribution >= 4 is 29.6 Å². The summed E-state index contributed by atoms with van der Waals surface area (Å²) in [5, 5.41) is 14.3. The maximum atomic E-state index is 13.7. The molecule has 27 heavy (non-hydrogen) atoms. The van der Waals surface area contributed by atoms with Crippen molar-refractivity contribution in [2.75, 3.05) is 23.8 Å². The topological polar surface area (TPSA) is 108 Å². The number of aliphatic hydroxyl groups is 1. The summed E-state index contributed by atoms with van der Waals surface area (Å²) in [5.74, 6) is -2.88. The zero-order chi connectivity index (χ0) is 19.8.